The van der Waals surface area contributed by atoms with Gasteiger partial charge in [-0.25, -0.2) is 8.42 Å². The van der Waals surface area contributed by atoms with Crippen LogP contribution in [0.5, 0.6) is 5.75 Å². The van der Waals surface area contributed by atoms with Crippen LogP contribution >= 0.6 is 0 Å². The number of ether oxygens (including phenoxy) is 1. The van der Waals surface area contributed by atoms with E-state index in [9.17, 15) is 18.3 Å². The average Bonchev–Trinajstić information content (AvgIpc) is 3.33. The summed E-state index contributed by atoms with van der Waals surface area (Å²) >= 11 is 0. The van der Waals surface area contributed by atoms with Crippen molar-refractivity contribution in [2.45, 2.75) is 50.7 Å². The summed E-state index contributed by atoms with van der Waals surface area (Å²) in [5.74, 6) is -0.260. The van der Waals surface area contributed by atoms with E-state index in [0.717, 1.165) is 22.0 Å². The molecule has 3 aromatic rings. The Morgan fingerprint density at radius 3 is 2.56 bits per heavy atom. The summed E-state index contributed by atoms with van der Waals surface area (Å²) in [5.41, 5.74) is 2.92. The van der Waals surface area contributed by atoms with Gasteiger partial charge in [-0.2, -0.15) is 4.31 Å². The lowest BCUT2D eigenvalue weighted by atomic mass is 9.97. The maximum absolute atomic E-state index is 13.2. The number of rotatable bonds is 7. The number of aromatic nitrogens is 1. The predicted octanol–water partition coefficient (Wildman–Crippen LogP) is 4.00. The van der Waals surface area contributed by atoms with Gasteiger partial charge in [0, 0.05) is 36.1 Å². The van der Waals surface area contributed by atoms with Crippen molar-refractivity contribution in [1.29, 1.82) is 0 Å². The van der Waals surface area contributed by atoms with E-state index in [1.165, 1.54) is 4.31 Å². The van der Waals surface area contributed by atoms with Crippen LogP contribution in [0.25, 0.3) is 10.9 Å². The highest BCUT2D eigenvalue weighted by molar-refractivity contribution is 7.89. The van der Waals surface area contributed by atoms with Crippen LogP contribution in [0.2, 0.25) is 0 Å². The van der Waals surface area contributed by atoms with Crippen molar-refractivity contribution in [3.8, 4) is 5.75 Å². The molecule has 0 radical (unpaired) electrons. The third kappa shape index (κ3) is 4.38. The van der Waals surface area contributed by atoms with Crippen LogP contribution in [-0.4, -0.2) is 47.6 Å². The number of hydrogen-bond acceptors (Lipinski definition) is 4. The fraction of sp³-hybridized carbons (Fsp3) is 0.375. The van der Waals surface area contributed by atoms with E-state index in [1.54, 1.807) is 28.8 Å². The Morgan fingerprint density at radius 1 is 1.19 bits per heavy atom. The molecule has 0 saturated carbocycles. The number of carboxylic acid groups (broad SMARTS) is 1. The fourth-order valence-corrected chi connectivity index (χ4v) is 5.84. The molecular formula is C24H28N2O5S. The number of aryl methyl sites for hydroxylation is 1. The molecule has 2 aromatic carbocycles. The molecule has 1 N–H and O–H groups in total. The van der Waals surface area contributed by atoms with Gasteiger partial charge in [-0.05, 0) is 68.7 Å². The summed E-state index contributed by atoms with van der Waals surface area (Å²) in [5, 5.41) is 10.3. The SMILES string of the molecule is Cc1ccc2c(C3CCN(S(=O)(=O)c4ccc(OC(C)C)cc4)C3)cn(CC(=O)O)c2c1. The van der Waals surface area contributed by atoms with Gasteiger partial charge in [0.1, 0.15) is 12.3 Å². The number of benzene rings is 2. The van der Waals surface area contributed by atoms with Gasteiger partial charge >= 0.3 is 5.97 Å². The molecule has 1 aliphatic rings. The number of carbonyl (C=O) groups is 1. The molecule has 7 nitrogen and oxygen atoms in total. The van der Waals surface area contributed by atoms with Gasteiger partial charge in [0.25, 0.3) is 0 Å². The zero-order valence-electron chi connectivity index (χ0n) is 18.5. The molecule has 4 rings (SSSR count). The second-order valence-electron chi connectivity index (χ2n) is 8.61. The van der Waals surface area contributed by atoms with Crippen LogP contribution in [-0.2, 0) is 21.4 Å². The van der Waals surface area contributed by atoms with Crippen molar-refractivity contribution in [1.82, 2.24) is 8.87 Å². The third-order valence-corrected chi connectivity index (χ3v) is 7.68. The van der Waals surface area contributed by atoms with E-state index < -0.39 is 16.0 Å². The summed E-state index contributed by atoms with van der Waals surface area (Å²) in [7, 11) is -3.62. The third-order valence-electron chi connectivity index (χ3n) is 5.80. The standard InChI is InChI=1S/C24H28N2O5S/c1-16(2)31-19-5-7-20(8-6-19)32(29,30)26-11-10-18(13-26)22-14-25(15-24(27)28)23-12-17(3)4-9-21(22)23/h4-9,12,14,16,18H,10-11,13,15H2,1-3H3,(H,27,28). The Labute approximate surface area is 188 Å². The van der Waals surface area contributed by atoms with Crippen molar-refractivity contribution >= 4 is 26.9 Å². The Balaban J connectivity index is 1.59. The van der Waals surface area contributed by atoms with Crippen molar-refractivity contribution < 1.29 is 23.1 Å². The number of aliphatic carboxylic acids is 1. The normalized spacial score (nSPS) is 17.3. The average molecular weight is 457 g/mol. The van der Waals surface area contributed by atoms with E-state index in [0.29, 0.717) is 25.3 Å². The smallest absolute Gasteiger partial charge is 0.323 e. The molecule has 0 spiro atoms. The lowest BCUT2D eigenvalue weighted by Crippen LogP contribution is -2.28. The first kappa shape index (κ1) is 22.4. The largest absolute Gasteiger partial charge is 0.491 e. The van der Waals surface area contributed by atoms with Crippen molar-refractivity contribution in [3.63, 3.8) is 0 Å². The van der Waals surface area contributed by atoms with Crippen LogP contribution in [0.3, 0.4) is 0 Å². The number of fused-ring (bicyclic) bond motifs is 1. The summed E-state index contributed by atoms with van der Waals surface area (Å²) < 4.78 is 35.3. The number of nitrogens with zero attached hydrogens (tertiary/aromatic N) is 2. The molecule has 0 bridgehead atoms. The monoisotopic (exact) mass is 456 g/mol. The van der Waals surface area contributed by atoms with Gasteiger partial charge in [-0.15, -0.1) is 0 Å². The molecule has 170 valence electrons. The molecule has 1 saturated heterocycles. The summed E-state index contributed by atoms with van der Waals surface area (Å²) in [6.45, 7) is 6.48. The molecular weight excluding hydrogens is 428 g/mol. The van der Waals surface area contributed by atoms with Gasteiger partial charge < -0.3 is 14.4 Å². The fourth-order valence-electron chi connectivity index (χ4n) is 4.34. The molecule has 1 fully saturated rings. The lowest BCUT2D eigenvalue weighted by Gasteiger charge is -2.17. The molecule has 1 aliphatic heterocycles. The minimum atomic E-state index is -3.62. The number of hydrogen-bond donors (Lipinski definition) is 1. The molecule has 1 unspecified atom stereocenters. The maximum atomic E-state index is 13.2. The van der Waals surface area contributed by atoms with Crippen molar-refractivity contribution in [3.05, 3.63) is 59.8 Å². The molecule has 1 atom stereocenters. The Morgan fingerprint density at radius 2 is 1.91 bits per heavy atom. The molecule has 32 heavy (non-hydrogen) atoms. The lowest BCUT2D eigenvalue weighted by molar-refractivity contribution is -0.137. The zero-order valence-corrected chi connectivity index (χ0v) is 19.3. The summed E-state index contributed by atoms with van der Waals surface area (Å²) in [6.07, 6.45) is 2.58. The molecule has 0 amide bonds. The second kappa shape index (κ2) is 8.60. The highest BCUT2D eigenvalue weighted by Gasteiger charge is 2.34. The van der Waals surface area contributed by atoms with Crippen molar-refractivity contribution in [2.75, 3.05) is 13.1 Å². The first-order chi connectivity index (χ1) is 15.1. The quantitative estimate of drug-likeness (QED) is 0.581. The van der Waals surface area contributed by atoms with Crippen LogP contribution < -0.4 is 4.74 Å². The van der Waals surface area contributed by atoms with Crippen LogP contribution in [0.15, 0.2) is 53.6 Å². The minimum Gasteiger partial charge on any atom is -0.491 e. The minimum absolute atomic E-state index is 0.00794. The number of sulfonamides is 1. The number of carboxylic acids is 1. The highest BCUT2D eigenvalue weighted by Crippen LogP contribution is 2.36. The Hall–Kier alpha value is -2.84. The predicted molar refractivity (Wildman–Crippen MR) is 123 cm³/mol. The van der Waals surface area contributed by atoms with E-state index >= 15 is 0 Å². The Bertz CT molecular complexity index is 1250. The van der Waals surface area contributed by atoms with E-state index in [4.69, 9.17) is 4.74 Å². The van der Waals surface area contributed by atoms with E-state index in [1.807, 2.05) is 45.2 Å². The maximum Gasteiger partial charge on any atom is 0.323 e. The highest BCUT2D eigenvalue weighted by atomic mass is 32.2. The summed E-state index contributed by atoms with van der Waals surface area (Å²) in [6, 6.07) is 12.5. The van der Waals surface area contributed by atoms with Crippen LogP contribution in [0, 0.1) is 6.92 Å². The molecule has 2 heterocycles. The van der Waals surface area contributed by atoms with Gasteiger partial charge in [-0.3, -0.25) is 4.79 Å². The second-order valence-corrected chi connectivity index (χ2v) is 10.6. The summed E-state index contributed by atoms with van der Waals surface area (Å²) in [4.78, 5) is 11.6. The zero-order chi connectivity index (χ0) is 23.0. The van der Waals surface area contributed by atoms with Gasteiger partial charge in [0.15, 0.2) is 0 Å². The molecule has 1 aromatic heterocycles. The van der Waals surface area contributed by atoms with Crippen LogP contribution in [0.4, 0.5) is 0 Å². The van der Waals surface area contributed by atoms with Gasteiger partial charge in [-0.1, -0.05) is 12.1 Å². The van der Waals surface area contributed by atoms with E-state index in [2.05, 4.69) is 0 Å². The van der Waals surface area contributed by atoms with Gasteiger partial charge in [0.2, 0.25) is 10.0 Å². The van der Waals surface area contributed by atoms with Gasteiger partial charge in [0.05, 0.1) is 11.0 Å². The first-order valence-electron chi connectivity index (χ1n) is 10.7. The molecule has 0 aliphatic carbocycles. The first-order valence-corrected chi connectivity index (χ1v) is 12.2. The van der Waals surface area contributed by atoms with Crippen LogP contribution in [0.1, 0.15) is 37.3 Å². The topological polar surface area (TPSA) is 88.8 Å². The molecule has 8 heteroatoms. The van der Waals surface area contributed by atoms with E-state index in [-0.39, 0.29) is 23.5 Å². The van der Waals surface area contributed by atoms with Crippen molar-refractivity contribution in [2.24, 2.45) is 0 Å². The Kier molecular flexibility index (Phi) is 6.01.